The highest BCUT2D eigenvalue weighted by atomic mass is 16.3. The Morgan fingerprint density at radius 3 is 2.31 bits per heavy atom. The molecule has 4 nitrogen and oxygen atoms in total. The molecule has 0 aromatic heterocycles. The van der Waals surface area contributed by atoms with Crippen molar-refractivity contribution in [3.63, 3.8) is 0 Å². The van der Waals surface area contributed by atoms with Crippen LogP contribution in [0.15, 0.2) is 0 Å². The largest absolute Gasteiger partial charge is 0.483 e. The summed E-state index contributed by atoms with van der Waals surface area (Å²) in [6.07, 6.45) is 4.48. The fraction of sp³-hybridized carbons (Fsp3) is 0.778. The van der Waals surface area contributed by atoms with Gasteiger partial charge in [0.1, 0.15) is 0 Å². The molecule has 0 saturated heterocycles. The average Bonchev–Trinajstić information content (AvgIpc) is 2.06. The molecule has 0 fully saturated rings. The second-order valence-corrected chi connectivity index (χ2v) is 2.90. The van der Waals surface area contributed by atoms with Crippen LogP contribution in [0, 0.1) is 5.92 Å². The molecule has 1 atom stereocenters. The number of rotatable bonds is 5. The van der Waals surface area contributed by atoms with Crippen molar-refractivity contribution in [2.45, 2.75) is 39.5 Å². The summed E-state index contributed by atoms with van der Waals surface area (Å²) in [5.41, 5.74) is 5.08. The predicted octanol–water partition coefficient (Wildman–Crippen LogP) is 1.39. The molecule has 0 saturated carbocycles. The van der Waals surface area contributed by atoms with Gasteiger partial charge in [-0.05, 0) is 6.42 Å². The first-order valence-corrected chi connectivity index (χ1v) is 4.47. The normalized spacial score (nSPS) is 10.9. The van der Waals surface area contributed by atoms with Crippen molar-refractivity contribution in [2.24, 2.45) is 11.7 Å². The molecule has 0 aliphatic heterocycles. The maximum Gasteiger partial charge on any atom is 0.290 e. The Bertz CT molecular complexity index is 137. The number of unbranched alkanes of at least 4 members (excludes halogenated alkanes) is 2. The second-order valence-electron chi connectivity index (χ2n) is 2.90. The molecule has 0 spiro atoms. The van der Waals surface area contributed by atoms with E-state index in [0.717, 1.165) is 12.8 Å². The van der Waals surface area contributed by atoms with Gasteiger partial charge in [0.15, 0.2) is 0 Å². The molecular formula is C9H19NO3. The Morgan fingerprint density at radius 1 is 1.54 bits per heavy atom. The lowest BCUT2D eigenvalue weighted by molar-refractivity contribution is -0.123. The van der Waals surface area contributed by atoms with Crippen LogP contribution in [-0.4, -0.2) is 17.5 Å². The third-order valence-corrected chi connectivity index (χ3v) is 1.73. The number of hydrogen-bond donors (Lipinski definition) is 2. The summed E-state index contributed by atoms with van der Waals surface area (Å²) in [4.78, 5) is 18.9. The molecule has 0 aliphatic carbocycles. The third kappa shape index (κ3) is 13.9. The average molecular weight is 189 g/mol. The van der Waals surface area contributed by atoms with Crippen LogP contribution >= 0.6 is 0 Å². The lowest BCUT2D eigenvalue weighted by atomic mass is 10.0. The molecule has 13 heavy (non-hydrogen) atoms. The number of carboxylic acid groups (broad SMARTS) is 1. The first-order chi connectivity index (χ1) is 6.09. The van der Waals surface area contributed by atoms with Crippen LogP contribution in [0.4, 0.5) is 0 Å². The summed E-state index contributed by atoms with van der Waals surface area (Å²) < 4.78 is 0. The molecule has 1 unspecified atom stereocenters. The zero-order valence-corrected chi connectivity index (χ0v) is 8.32. The molecule has 0 bridgehead atoms. The number of primary amides is 1. The SMILES string of the molecule is CCCCCC(C)C(N)=O.O=CO. The predicted molar refractivity (Wildman–Crippen MR) is 51.2 cm³/mol. The topological polar surface area (TPSA) is 80.4 Å². The maximum atomic E-state index is 10.5. The van der Waals surface area contributed by atoms with E-state index < -0.39 is 0 Å². The summed E-state index contributed by atoms with van der Waals surface area (Å²) in [5, 5.41) is 6.89. The van der Waals surface area contributed by atoms with Crippen LogP contribution in [-0.2, 0) is 9.59 Å². The number of amides is 1. The minimum Gasteiger partial charge on any atom is -0.483 e. The van der Waals surface area contributed by atoms with Gasteiger partial charge >= 0.3 is 0 Å². The minimum atomic E-state index is -0.250. The first-order valence-electron chi connectivity index (χ1n) is 4.47. The van der Waals surface area contributed by atoms with E-state index in [2.05, 4.69) is 6.92 Å². The summed E-state index contributed by atoms with van der Waals surface area (Å²) >= 11 is 0. The van der Waals surface area contributed by atoms with Gasteiger partial charge in [-0.25, -0.2) is 0 Å². The van der Waals surface area contributed by atoms with Gasteiger partial charge in [-0.3, -0.25) is 9.59 Å². The van der Waals surface area contributed by atoms with Gasteiger partial charge in [-0.15, -0.1) is 0 Å². The Morgan fingerprint density at radius 2 is 2.00 bits per heavy atom. The van der Waals surface area contributed by atoms with E-state index in [9.17, 15) is 4.79 Å². The zero-order valence-electron chi connectivity index (χ0n) is 8.32. The van der Waals surface area contributed by atoms with Crippen molar-refractivity contribution < 1.29 is 14.7 Å². The summed E-state index contributed by atoms with van der Waals surface area (Å²) in [6.45, 7) is 3.78. The van der Waals surface area contributed by atoms with Crippen LogP contribution < -0.4 is 5.73 Å². The second kappa shape index (κ2) is 10.9. The monoisotopic (exact) mass is 189 g/mol. The Balaban J connectivity index is 0. The lowest BCUT2D eigenvalue weighted by Gasteiger charge is -2.04. The van der Waals surface area contributed by atoms with E-state index in [1.165, 1.54) is 12.8 Å². The first kappa shape index (κ1) is 14.5. The number of nitrogens with two attached hydrogens (primary N) is 1. The molecule has 78 valence electrons. The number of carbonyl (C=O) groups excluding carboxylic acids is 1. The van der Waals surface area contributed by atoms with Crippen molar-refractivity contribution in [1.29, 1.82) is 0 Å². The quantitative estimate of drug-likeness (QED) is 0.506. The van der Waals surface area contributed by atoms with Crippen molar-refractivity contribution in [2.75, 3.05) is 0 Å². The van der Waals surface area contributed by atoms with E-state index in [1.807, 2.05) is 6.92 Å². The smallest absolute Gasteiger partial charge is 0.290 e. The van der Waals surface area contributed by atoms with Crippen LogP contribution in [0.3, 0.4) is 0 Å². The van der Waals surface area contributed by atoms with Crippen LogP contribution in [0.25, 0.3) is 0 Å². The van der Waals surface area contributed by atoms with Crippen LogP contribution in [0.1, 0.15) is 39.5 Å². The summed E-state index contributed by atoms with van der Waals surface area (Å²) in [5.74, 6) is -0.109. The molecule has 0 rings (SSSR count). The number of carbonyl (C=O) groups is 2. The van der Waals surface area contributed by atoms with Gasteiger partial charge in [-0.2, -0.15) is 0 Å². The highest BCUT2D eigenvalue weighted by Crippen LogP contribution is 2.07. The standard InChI is InChI=1S/C8H17NO.CH2O2/c1-3-4-5-6-7(2)8(9)10;2-1-3/h7H,3-6H2,1-2H3,(H2,9,10);1H,(H,2,3). The summed E-state index contributed by atoms with van der Waals surface area (Å²) in [7, 11) is 0. The fourth-order valence-electron chi connectivity index (χ4n) is 0.843. The van der Waals surface area contributed by atoms with Crippen molar-refractivity contribution in [3.8, 4) is 0 Å². The Labute approximate surface area is 79.1 Å². The van der Waals surface area contributed by atoms with Gasteiger partial charge in [0.25, 0.3) is 6.47 Å². The lowest BCUT2D eigenvalue weighted by Crippen LogP contribution is -2.20. The van der Waals surface area contributed by atoms with Crippen LogP contribution in [0.5, 0.6) is 0 Å². The maximum absolute atomic E-state index is 10.5. The van der Waals surface area contributed by atoms with Gasteiger partial charge in [0.05, 0.1) is 0 Å². The highest BCUT2D eigenvalue weighted by Gasteiger charge is 2.06. The Kier molecular flexibility index (Phi) is 12.2. The van der Waals surface area contributed by atoms with E-state index in [4.69, 9.17) is 15.6 Å². The molecule has 0 heterocycles. The van der Waals surface area contributed by atoms with Gasteiger partial charge in [-0.1, -0.05) is 33.1 Å². The van der Waals surface area contributed by atoms with Crippen LogP contribution in [0.2, 0.25) is 0 Å². The zero-order chi connectivity index (χ0) is 10.7. The molecular weight excluding hydrogens is 170 g/mol. The molecule has 3 N–H and O–H groups in total. The molecule has 0 aromatic rings. The molecule has 0 aromatic carbocycles. The minimum absolute atomic E-state index is 0.0616. The molecule has 0 aliphatic rings. The van der Waals surface area contributed by atoms with Crippen molar-refractivity contribution in [3.05, 3.63) is 0 Å². The van der Waals surface area contributed by atoms with E-state index in [0.29, 0.717) is 0 Å². The molecule has 4 heteroatoms. The molecule has 1 amide bonds. The van der Waals surface area contributed by atoms with E-state index in [-0.39, 0.29) is 18.3 Å². The highest BCUT2D eigenvalue weighted by molar-refractivity contribution is 5.76. The van der Waals surface area contributed by atoms with Gasteiger partial charge in [0.2, 0.25) is 5.91 Å². The molecule has 0 radical (unpaired) electrons. The third-order valence-electron chi connectivity index (χ3n) is 1.73. The van der Waals surface area contributed by atoms with Crippen molar-refractivity contribution >= 4 is 12.4 Å². The van der Waals surface area contributed by atoms with E-state index in [1.54, 1.807) is 0 Å². The fourth-order valence-corrected chi connectivity index (χ4v) is 0.843. The number of hydrogen-bond acceptors (Lipinski definition) is 2. The van der Waals surface area contributed by atoms with Gasteiger partial charge in [0, 0.05) is 5.92 Å². The van der Waals surface area contributed by atoms with E-state index >= 15 is 0 Å². The summed E-state index contributed by atoms with van der Waals surface area (Å²) in [6, 6.07) is 0. The Hall–Kier alpha value is -1.06. The van der Waals surface area contributed by atoms with Crippen molar-refractivity contribution in [1.82, 2.24) is 0 Å². The van der Waals surface area contributed by atoms with Gasteiger partial charge < -0.3 is 10.8 Å².